The molecule has 0 spiro atoms. The lowest BCUT2D eigenvalue weighted by Crippen LogP contribution is -2.28. The van der Waals surface area contributed by atoms with Crippen molar-refractivity contribution in [1.29, 1.82) is 0 Å². The lowest BCUT2D eigenvalue weighted by molar-refractivity contribution is -0.123. The van der Waals surface area contributed by atoms with Crippen molar-refractivity contribution in [1.82, 2.24) is 15.1 Å². The quantitative estimate of drug-likeness (QED) is 0.736. The van der Waals surface area contributed by atoms with Gasteiger partial charge in [0.25, 0.3) is 5.91 Å². The van der Waals surface area contributed by atoms with Crippen molar-refractivity contribution >= 4 is 17.5 Å². The van der Waals surface area contributed by atoms with Crippen LogP contribution in [0.15, 0.2) is 60.9 Å². The highest BCUT2D eigenvalue weighted by Crippen LogP contribution is 2.21. The lowest BCUT2D eigenvalue weighted by Gasteiger charge is -2.10. The standard InChI is InChI=1S/C19H18ClN3O2/c1-14-10-16(20)6-7-18(14)25-13-19(24)21-12-15-4-2-5-17(11-15)23-9-3-8-22-23/h2-11H,12-13H2,1H3,(H,21,24). The summed E-state index contributed by atoms with van der Waals surface area (Å²) >= 11 is 5.91. The topological polar surface area (TPSA) is 56.1 Å². The molecule has 0 unspecified atom stereocenters. The van der Waals surface area contributed by atoms with E-state index in [-0.39, 0.29) is 12.5 Å². The molecule has 1 aromatic heterocycles. The largest absolute Gasteiger partial charge is 0.484 e. The summed E-state index contributed by atoms with van der Waals surface area (Å²) in [4.78, 5) is 12.0. The van der Waals surface area contributed by atoms with Gasteiger partial charge in [0.1, 0.15) is 5.75 Å². The van der Waals surface area contributed by atoms with Gasteiger partial charge in [-0.2, -0.15) is 5.10 Å². The van der Waals surface area contributed by atoms with E-state index in [1.54, 1.807) is 29.1 Å². The zero-order chi connectivity index (χ0) is 17.6. The van der Waals surface area contributed by atoms with Crippen LogP contribution in [0.2, 0.25) is 5.02 Å². The Morgan fingerprint density at radius 1 is 1.24 bits per heavy atom. The number of hydrogen-bond acceptors (Lipinski definition) is 3. The Balaban J connectivity index is 1.53. The van der Waals surface area contributed by atoms with Crippen LogP contribution in [-0.4, -0.2) is 22.3 Å². The summed E-state index contributed by atoms with van der Waals surface area (Å²) in [6.45, 7) is 2.28. The third kappa shape index (κ3) is 4.61. The van der Waals surface area contributed by atoms with Crippen LogP contribution in [0.25, 0.3) is 5.69 Å². The number of hydrogen-bond donors (Lipinski definition) is 1. The highest BCUT2D eigenvalue weighted by atomic mass is 35.5. The molecule has 0 aliphatic rings. The number of ether oxygens (including phenoxy) is 1. The minimum absolute atomic E-state index is 0.0404. The summed E-state index contributed by atoms with van der Waals surface area (Å²) in [7, 11) is 0. The van der Waals surface area contributed by atoms with E-state index in [0.29, 0.717) is 17.3 Å². The number of nitrogens with zero attached hydrogens (tertiary/aromatic N) is 2. The molecule has 0 saturated heterocycles. The van der Waals surface area contributed by atoms with Crippen LogP contribution in [0.1, 0.15) is 11.1 Å². The predicted molar refractivity (Wildman–Crippen MR) is 97.1 cm³/mol. The van der Waals surface area contributed by atoms with Gasteiger partial charge in [-0.1, -0.05) is 23.7 Å². The Morgan fingerprint density at radius 2 is 2.12 bits per heavy atom. The molecule has 25 heavy (non-hydrogen) atoms. The molecule has 0 atom stereocenters. The third-order valence-electron chi connectivity index (χ3n) is 3.66. The molecular weight excluding hydrogens is 338 g/mol. The highest BCUT2D eigenvalue weighted by molar-refractivity contribution is 6.30. The Bertz CT molecular complexity index is 863. The smallest absolute Gasteiger partial charge is 0.258 e. The molecule has 3 rings (SSSR count). The molecule has 6 heteroatoms. The Hall–Kier alpha value is -2.79. The molecule has 5 nitrogen and oxygen atoms in total. The predicted octanol–water partition coefficient (Wildman–Crippen LogP) is 3.53. The van der Waals surface area contributed by atoms with Gasteiger partial charge in [0, 0.05) is 24.0 Å². The first-order chi connectivity index (χ1) is 12.1. The van der Waals surface area contributed by atoms with Crippen LogP contribution >= 0.6 is 11.6 Å². The van der Waals surface area contributed by atoms with E-state index in [9.17, 15) is 4.79 Å². The van der Waals surface area contributed by atoms with Crippen molar-refractivity contribution < 1.29 is 9.53 Å². The van der Waals surface area contributed by atoms with Gasteiger partial charge in [0.2, 0.25) is 0 Å². The molecule has 2 aromatic carbocycles. The molecule has 0 aliphatic carbocycles. The Morgan fingerprint density at radius 3 is 2.88 bits per heavy atom. The van der Waals surface area contributed by atoms with Gasteiger partial charge in [-0.3, -0.25) is 4.79 Å². The molecule has 1 heterocycles. The van der Waals surface area contributed by atoms with Crippen LogP contribution < -0.4 is 10.1 Å². The van der Waals surface area contributed by atoms with Crippen LogP contribution in [0.5, 0.6) is 5.75 Å². The molecule has 1 N–H and O–H groups in total. The summed E-state index contributed by atoms with van der Waals surface area (Å²) < 4.78 is 7.32. The molecule has 0 aliphatic heterocycles. The summed E-state index contributed by atoms with van der Waals surface area (Å²) in [5, 5.41) is 7.70. The average Bonchev–Trinajstić information content (AvgIpc) is 3.14. The van der Waals surface area contributed by atoms with Crippen LogP contribution in [0.4, 0.5) is 0 Å². The number of benzene rings is 2. The number of carbonyl (C=O) groups is 1. The Kier molecular flexibility index (Phi) is 5.36. The van der Waals surface area contributed by atoms with Gasteiger partial charge in [0.05, 0.1) is 5.69 Å². The fraction of sp³-hybridized carbons (Fsp3) is 0.158. The SMILES string of the molecule is Cc1cc(Cl)ccc1OCC(=O)NCc1cccc(-n2cccn2)c1. The normalized spacial score (nSPS) is 10.5. The second kappa shape index (κ2) is 7.85. The number of rotatable bonds is 6. The van der Waals surface area contributed by atoms with Crippen molar-refractivity contribution in [2.75, 3.05) is 6.61 Å². The molecule has 1 amide bonds. The minimum Gasteiger partial charge on any atom is -0.484 e. The highest BCUT2D eigenvalue weighted by Gasteiger charge is 2.06. The van der Waals surface area contributed by atoms with E-state index < -0.39 is 0 Å². The van der Waals surface area contributed by atoms with E-state index in [4.69, 9.17) is 16.3 Å². The van der Waals surface area contributed by atoms with Crippen molar-refractivity contribution in [3.05, 3.63) is 77.1 Å². The van der Waals surface area contributed by atoms with Gasteiger partial charge in [-0.15, -0.1) is 0 Å². The Labute approximate surface area is 151 Å². The molecule has 0 bridgehead atoms. The van der Waals surface area contributed by atoms with Gasteiger partial charge >= 0.3 is 0 Å². The van der Waals surface area contributed by atoms with Crippen LogP contribution in [-0.2, 0) is 11.3 Å². The summed E-state index contributed by atoms with van der Waals surface area (Å²) in [6.07, 6.45) is 3.60. The zero-order valence-electron chi connectivity index (χ0n) is 13.8. The maximum atomic E-state index is 12.0. The van der Waals surface area contributed by atoms with Gasteiger partial charge in [-0.25, -0.2) is 4.68 Å². The molecular formula is C19H18ClN3O2. The van der Waals surface area contributed by atoms with Crippen molar-refractivity contribution in [2.45, 2.75) is 13.5 Å². The summed E-state index contributed by atoms with van der Waals surface area (Å²) in [6, 6.07) is 15.0. The molecule has 0 radical (unpaired) electrons. The molecule has 0 saturated carbocycles. The first kappa shape index (κ1) is 17.0. The molecule has 3 aromatic rings. The minimum atomic E-state index is -0.182. The maximum absolute atomic E-state index is 12.0. The van der Waals surface area contributed by atoms with E-state index in [1.165, 1.54) is 0 Å². The van der Waals surface area contributed by atoms with Gasteiger partial charge < -0.3 is 10.1 Å². The zero-order valence-corrected chi connectivity index (χ0v) is 14.5. The second-order valence-electron chi connectivity index (χ2n) is 5.60. The fourth-order valence-electron chi connectivity index (χ4n) is 2.40. The maximum Gasteiger partial charge on any atom is 0.258 e. The molecule has 0 fully saturated rings. The van der Waals surface area contributed by atoms with E-state index in [1.807, 2.05) is 43.5 Å². The summed E-state index contributed by atoms with van der Waals surface area (Å²) in [5.41, 5.74) is 2.83. The number of carbonyl (C=O) groups excluding carboxylic acids is 1. The van der Waals surface area contributed by atoms with Crippen molar-refractivity contribution in [2.24, 2.45) is 0 Å². The lowest BCUT2D eigenvalue weighted by atomic mass is 10.2. The van der Waals surface area contributed by atoms with E-state index in [0.717, 1.165) is 16.8 Å². The van der Waals surface area contributed by atoms with E-state index >= 15 is 0 Å². The first-order valence-corrected chi connectivity index (χ1v) is 8.24. The van der Waals surface area contributed by atoms with Gasteiger partial charge in [-0.05, 0) is 54.4 Å². The van der Waals surface area contributed by atoms with E-state index in [2.05, 4.69) is 10.4 Å². The second-order valence-corrected chi connectivity index (χ2v) is 6.03. The average molecular weight is 356 g/mol. The third-order valence-corrected chi connectivity index (χ3v) is 3.90. The monoisotopic (exact) mass is 355 g/mol. The summed E-state index contributed by atoms with van der Waals surface area (Å²) in [5.74, 6) is 0.471. The number of nitrogens with one attached hydrogen (secondary N) is 1. The number of halogens is 1. The molecule has 128 valence electrons. The number of aromatic nitrogens is 2. The first-order valence-electron chi connectivity index (χ1n) is 7.86. The van der Waals surface area contributed by atoms with Crippen LogP contribution in [0.3, 0.4) is 0 Å². The van der Waals surface area contributed by atoms with Crippen LogP contribution in [0, 0.1) is 6.92 Å². The fourth-order valence-corrected chi connectivity index (χ4v) is 2.63. The van der Waals surface area contributed by atoms with Crippen molar-refractivity contribution in [3.63, 3.8) is 0 Å². The number of amides is 1. The van der Waals surface area contributed by atoms with Crippen molar-refractivity contribution in [3.8, 4) is 11.4 Å². The number of aryl methyl sites for hydroxylation is 1. The van der Waals surface area contributed by atoms with Gasteiger partial charge in [0.15, 0.2) is 6.61 Å².